The number of halogens is 3. The summed E-state index contributed by atoms with van der Waals surface area (Å²) in [7, 11) is 0. The van der Waals surface area contributed by atoms with Gasteiger partial charge in [-0.3, -0.25) is 0 Å². The number of nitrogens with zero attached hydrogens (tertiary/aromatic N) is 1. The van der Waals surface area contributed by atoms with Crippen LogP contribution in [0, 0.1) is 11.6 Å². The molecule has 0 amide bonds. The number of hydrogen-bond donors (Lipinski definition) is 1. The van der Waals surface area contributed by atoms with E-state index in [1.807, 2.05) is 0 Å². The van der Waals surface area contributed by atoms with Crippen LogP contribution in [0.25, 0.3) is 19.9 Å². The van der Waals surface area contributed by atoms with Crippen molar-refractivity contribution in [1.82, 2.24) is 4.98 Å². The molecule has 19 heavy (non-hydrogen) atoms. The van der Waals surface area contributed by atoms with Crippen LogP contribution >= 0.6 is 15.9 Å². The molecule has 96 valence electrons. The molecule has 6 heteroatoms. The van der Waals surface area contributed by atoms with Gasteiger partial charge in [-0.25, -0.2) is 0 Å². The Labute approximate surface area is 122 Å². The molecular formula is C13H7BrF2N2Se. The molecule has 0 aliphatic rings. The summed E-state index contributed by atoms with van der Waals surface area (Å²) in [6.07, 6.45) is 0. The summed E-state index contributed by atoms with van der Waals surface area (Å²) < 4.78 is 29.0. The zero-order valence-corrected chi connectivity index (χ0v) is 12.8. The fraction of sp³-hybridized carbons (Fsp3) is 0. The Morgan fingerprint density at radius 1 is 1.16 bits per heavy atom. The van der Waals surface area contributed by atoms with Gasteiger partial charge in [0.25, 0.3) is 0 Å². The first kappa shape index (κ1) is 12.8. The Bertz CT molecular complexity index is 762. The quantitative estimate of drug-likeness (QED) is 0.512. The van der Waals surface area contributed by atoms with Crippen LogP contribution in [0.4, 0.5) is 14.5 Å². The minimum atomic E-state index is -0.481. The van der Waals surface area contributed by atoms with E-state index in [4.69, 9.17) is 5.73 Å². The second-order valence-electron chi connectivity index (χ2n) is 3.98. The van der Waals surface area contributed by atoms with E-state index in [9.17, 15) is 8.78 Å². The molecule has 2 N–H and O–H groups in total. The van der Waals surface area contributed by atoms with Crippen LogP contribution in [0.2, 0.25) is 0 Å². The van der Waals surface area contributed by atoms with Crippen LogP contribution in [0.3, 0.4) is 0 Å². The molecule has 0 fully saturated rings. The van der Waals surface area contributed by atoms with Gasteiger partial charge < -0.3 is 0 Å². The average Bonchev–Trinajstić information content (AvgIpc) is 2.78. The molecule has 1 heterocycles. The van der Waals surface area contributed by atoms with Crippen molar-refractivity contribution in [2.75, 3.05) is 5.73 Å². The molecule has 0 saturated heterocycles. The van der Waals surface area contributed by atoms with Crippen LogP contribution in [0.1, 0.15) is 0 Å². The van der Waals surface area contributed by atoms with Crippen LogP contribution in [0.15, 0.2) is 34.8 Å². The topological polar surface area (TPSA) is 38.9 Å². The molecule has 2 nitrogen and oxygen atoms in total. The van der Waals surface area contributed by atoms with Crippen LogP contribution in [-0.2, 0) is 0 Å². The van der Waals surface area contributed by atoms with Gasteiger partial charge in [0.2, 0.25) is 0 Å². The molecule has 0 saturated carbocycles. The van der Waals surface area contributed by atoms with Gasteiger partial charge in [0.05, 0.1) is 0 Å². The minimum absolute atomic E-state index is 0.0506. The van der Waals surface area contributed by atoms with Crippen LogP contribution < -0.4 is 5.73 Å². The molecule has 1 aromatic heterocycles. The first-order valence-electron chi connectivity index (χ1n) is 5.35. The van der Waals surface area contributed by atoms with Crippen molar-refractivity contribution in [3.05, 3.63) is 46.4 Å². The summed E-state index contributed by atoms with van der Waals surface area (Å²) in [4.78, 5) is 4.37. The van der Waals surface area contributed by atoms with Gasteiger partial charge in [-0.2, -0.15) is 0 Å². The normalized spacial score (nSPS) is 11.1. The predicted molar refractivity (Wildman–Crippen MR) is 76.1 cm³/mol. The number of nitrogen functional groups attached to an aromatic ring is 1. The molecule has 0 bridgehead atoms. The van der Waals surface area contributed by atoms with Crippen LogP contribution in [0.5, 0.6) is 0 Å². The van der Waals surface area contributed by atoms with Gasteiger partial charge in [0, 0.05) is 0 Å². The van der Waals surface area contributed by atoms with Gasteiger partial charge in [-0.05, 0) is 0 Å². The van der Waals surface area contributed by atoms with Crippen LogP contribution in [-0.4, -0.2) is 19.5 Å². The van der Waals surface area contributed by atoms with E-state index in [0.29, 0.717) is 15.6 Å². The van der Waals surface area contributed by atoms with E-state index in [2.05, 4.69) is 20.9 Å². The summed E-state index contributed by atoms with van der Waals surface area (Å²) in [6.45, 7) is 0. The van der Waals surface area contributed by atoms with Gasteiger partial charge in [0.15, 0.2) is 0 Å². The predicted octanol–water partition coefficient (Wildman–Crippen LogP) is 3.58. The van der Waals surface area contributed by atoms with Crippen molar-refractivity contribution in [2.45, 2.75) is 0 Å². The standard InChI is InChI=1S/C13H7BrF2N2Se/c14-8-3-6(4-9(16)12(8)17)13-18-10-5-7(15)1-2-11(10)19-13/h1-5H,17H2. The number of benzene rings is 2. The van der Waals surface area contributed by atoms with Crippen molar-refractivity contribution >= 4 is 45.9 Å². The van der Waals surface area contributed by atoms with Crippen molar-refractivity contribution in [3.8, 4) is 10.1 Å². The summed E-state index contributed by atoms with van der Waals surface area (Å²) in [5.74, 6) is -0.797. The van der Waals surface area contributed by atoms with Crippen molar-refractivity contribution in [1.29, 1.82) is 0 Å². The van der Waals surface area contributed by atoms with E-state index < -0.39 is 5.82 Å². The summed E-state index contributed by atoms with van der Waals surface area (Å²) in [5.41, 5.74) is 6.93. The monoisotopic (exact) mass is 388 g/mol. The summed E-state index contributed by atoms with van der Waals surface area (Å²) >= 11 is 3.17. The Balaban J connectivity index is 2.19. The molecule has 0 atom stereocenters. The molecular weight excluding hydrogens is 381 g/mol. The fourth-order valence-electron chi connectivity index (χ4n) is 1.73. The first-order chi connectivity index (χ1) is 9.04. The average molecular weight is 388 g/mol. The third kappa shape index (κ3) is 2.31. The molecule has 0 spiro atoms. The Hall–Kier alpha value is -1.23. The van der Waals surface area contributed by atoms with E-state index in [0.717, 1.165) is 8.83 Å². The summed E-state index contributed by atoms with van der Waals surface area (Å²) in [6, 6.07) is 7.64. The first-order valence-corrected chi connectivity index (χ1v) is 7.86. The zero-order chi connectivity index (χ0) is 13.6. The van der Waals surface area contributed by atoms with E-state index in [1.165, 1.54) is 18.2 Å². The second-order valence-corrected chi connectivity index (χ2v) is 7.00. The van der Waals surface area contributed by atoms with Crippen molar-refractivity contribution < 1.29 is 8.78 Å². The third-order valence-corrected chi connectivity index (χ3v) is 5.61. The van der Waals surface area contributed by atoms with E-state index >= 15 is 0 Å². The van der Waals surface area contributed by atoms with Crippen molar-refractivity contribution in [3.63, 3.8) is 0 Å². The van der Waals surface area contributed by atoms with Crippen molar-refractivity contribution in [2.24, 2.45) is 0 Å². The van der Waals surface area contributed by atoms with Gasteiger partial charge in [-0.15, -0.1) is 0 Å². The molecule has 2 aromatic carbocycles. The zero-order valence-electron chi connectivity index (χ0n) is 9.45. The number of fused-ring (bicyclic) bond motifs is 1. The number of aromatic nitrogens is 1. The van der Waals surface area contributed by atoms with E-state index in [-0.39, 0.29) is 26.0 Å². The SMILES string of the molecule is Nc1c(F)cc(-c2nc3cc(F)ccc3[se]2)cc1Br. The number of hydrogen-bond acceptors (Lipinski definition) is 2. The molecule has 0 aliphatic carbocycles. The van der Waals surface area contributed by atoms with Gasteiger partial charge in [0.1, 0.15) is 0 Å². The number of rotatable bonds is 1. The van der Waals surface area contributed by atoms with E-state index in [1.54, 1.807) is 12.1 Å². The second kappa shape index (κ2) is 4.71. The fourth-order valence-corrected chi connectivity index (χ4v) is 4.13. The molecule has 0 radical (unpaired) electrons. The molecule has 3 rings (SSSR count). The maximum absolute atomic E-state index is 13.6. The van der Waals surface area contributed by atoms with Gasteiger partial charge >= 0.3 is 122 Å². The number of nitrogens with two attached hydrogens (primary N) is 1. The molecule has 3 aromatic rings. The maximum atomic E-state index is 13.6. The summed E-state index contributed by atoms with van der Waals surface area (Å²) in [5, 5.41) is 0. The Kier molecular flexibility index (Phi) is 3.17. The number of anilines is 1. The molecule has 0 aliphatic heterocycles. The molecule has 0 unspecified atom stereocenters. The Morgan fingerprint density at radius 2 is 1.95 bits per heavy atom. The van der Waals surface area contributed by atoms with Gasteiger partial charge in [-0.1, -0.05) is 0 Å². The third-order valence-electron chi connectivity index (χ3n) is 2.68. The Morgan fingerprint density at radius 3 is 2.68 bits per heavy atom.